The summed E-state index contributed by atoms with van der Waals surface area (Å²) in [5, 5.41) is 5.58. The largest absolute Gasteiger partial charge is 0.370 e. The molecule has 1 atom stereocenters. The summed E-state index contributed by atoms with van der Waals surface area (Å²) in [6.45, 7) is 6.81. The predicted molar refractivity (Wildman–Crippen MR) is 80.1 cm³/mol. The van der Waals surface area contributed by atoms with Crippen molar-refractivity contribution in [2.75, 3.05) is 23.3 Å². The molecule has 0 aromatic carbocycles. The van der Waals surface area contributed by atoms with E-state index in [1.165, 1.54) is 6.33 Å². The van der Waals surface area contributed by atoms with Crippen molar-refractivity contribution in [3.05, 3.63) is 11.9 Å². The number of nitrogens with zero attached hydrogens (tertiary/aromatic N) is 3. The molecule has 114 valence electrons. The SMILES string of the molecule is CCNc1ncnc(N2CC(=O)NC(=O)C2CC)c1CC. The first-order chi connectivity index (χ1) is 10.1. The molecule has 2 amide bonds. The van der Waals surface area contributed by atoms with Crippen molar-refractivity contribution >= 4 is 23.5 Å². The van der Waals surface area contributed by atoms with E-state index in [0.717, 1.165) is 24.3 Å². The van der Waals surface area contributed by atoms with E-state index in [9.17, 15) is 9.59 Å². The molecule has 7 heteroatoms. The van der Waals surface area contributed by atoms with Gasteiger partial charge in [0.1, 0.15) is 24.0 Å². The van der Waals surface area contributed by atoms with E-state index in [1.807, 2.05) is 20.8 Å². The van der Waals surface area contributed by atoms with Crippen molar-refractivity contribution in [1.82, 2.24) is 15.3 Å². The Morgan fingerprint density at radius 1 is 1.33 bits per heavy atom. The Morgan fingerprint density at radius 3 is 2.71 bits per heavy atom. The maximum Gasteiger partial charge on any atom is 0.249 e. The fourth-order valence-electron chi connectivity index (χ4n) is 2.59. The average Bonchev–Trinajstić information content (AvgIpc) is 2.46. The molecule has 7 nitrogen and oxygen atoms in total. The molecule has 0 aliphatic carbocycles. The molecular weight excluding hydrogens is 270 g/mol. The second-order valence-corrected chi connectivity index (χ2v) is 4.87. The van der Waals surface area contributed by atoms with Crippen molar-refractivity contribution in [3.8, 4) is 0 Å². The van der Waals surface area contributed by atoms with Gasteiger partial charge in [0, 0.05) is 12.1 Å². The topological polar surface area (TPSA) is 87.2 Å². The number of imide groups is 1. The third-order valence-corrected chi connectivity index (χ3v) is 3.53. The van der Waals surface area contributed by atoms with Gasteiger partial charge in [-0.05, 0) is 19.8 Å². The molecule has 1 saturated heterocycles. The van der Waals surface area contributed by atoms with Crippen LogP contribution in [0.4, 0.5) is 11.6 Å². The predicted octanol–water partition coefficient (Wildman–Crippen LogP) is 0.712. The zero-order valence-corrected chi connectivity index (χ0v) is 12.6. The normalized spacial score (nSPS) is 18.6. The average molecular weight is 291 g/mol. The fourth-order valence-corrected chi connectivity index (χ4v) is 2.59. The minimum Gasteiger partial charge on any atom is -0.370 e. The Bertz CT molecular complexity index is 546. The van der Waals surface area contributed by atoms with Gasteiger partial charge in [-0.25, -0.2) is 9.97 Å². The first-order valence-corrected chi connectivity index (χ1v) is 7.30. The number of piperazine rings is 1. The third kappa shape index (κ3) is 2.96. The van der Waals surface area contributed by atoms with E-state index < -0.39 is 0 Å². The Kier molecular flexibility index (Phi) is 4.72. The number of hydrogen-bond acceptors (Lipinski definition) is 6. The van der Waals surface area contributed by atoms with Gasteiger partial charge in [0.2, 0.25) is 11.8 Å². The summed E-state index contributed by atoms with van der Waals surface area (Å²) >= 11 is 0. The molecule has 1 aromatic rings. The Hall–Kier alpha value is -2.18. The quantitative estimate of drug-likeness (QED) is 0.777. The van der Waals surface area contributed by atoms with Crippen LogP contribution in [-0.4, -0.2) is 40.9 Å². The van der Waals surface area contributed by atoms with Gasteiger partial charge in [0.15, 0.2) is 0 Å². The van der Waals surface area contributed by atoms with Crippen LogP contribution < -0.4 is 15.5 Å². The number of carbonyl (C=O) groups is 2. The van der Waals surface area contributed by atoms with Crippen molar-refractivity contribution in [2.45, 2.75) is 39.7 Å². The van der Waals surface area contributed by atoms with Crippen molar-refractivity contribution < 1.29 is 9.59 Å². The summed E-state index contributed by atoms with van der Waals surface area (Å²) in [5.41, 5.74) is 0.931. The number of anilines is 2. The van der Waals surface area contributed by atoms with Gasteiger partial charge in [0.05, 0.1) is 6.54 Å². The molecule has 0 bridgehead atoms. The van der Waals surface area contributed by atoms with E-state index in [0.29, 0.717) is 12.2 Å². The summed E-state index contributed by atoms with van der Waals surface area (Å²) < 4.78 is 0. The third-order valence-electron chi connectivity index (χ3n) is 3.53. The minimum atomic E-state index is -0.377. The number of rotatable bonds is 5. The van der Waals surface area contributed by atoms with Crippen LogP contribution in [0.25, 0.3) is 0 Å². The molecule has 0 radical (unpaired) electrons. The summed E-state index contributed by atoms with van der Waals surface area (Å²) in [6.07, 6.45) is 2.81. The highest BCUT2D eigenvalue weighted by Gasteiger charge is 2.34. The second kappa shape index (κ2) is 6.51. The Balaban J connectivity index is 2.45. The molecule has 0 saturated carbocycles. The lowest BCUT2D eigenvalue weighted by molar-refractivity contribution is -0.132. The maximum atomic E-state index is 12.0. The standard InChI is InChI=1S/C14H21N5O2/c1-4-9-12(15-6-3)16-8-17-13(9)19-7-11(20)18-14(21)10(19)5-2/h8,10H,4-7H2,1-3H3,(H,15,16,17)(H,18,20,21). The van der Waals surface area contributed by atoms with Crippen LogP contribution >= 0.6 is 0 Å². The molecular formula is C14H21N5O2. The molecule has 1 fully saturated rings. The molecule has 2 rings (SSSR count). The van der Waals surface area contributed by atoms with E-state index in [1.54, 1.807) is 4.90 Å². The molecule has 1 aliphatic heterocycles. The first kappa shape index (κ1) is 15.2. The summed E-state index contributed by atoms with van der Waals surface area (Å²) in [5.74, 6) is 0.867. The minimum absolute atomic E-state index is 0.139. The smallest absolute Gasteiger partial charge is 0.249 e. The lowest BCUT2D eigenvalue weighted by Crippen LogP contribution is -2.58. The van der Waals surface area contributed by atoms with Crippen molar-refractivity contribution in [3.63, 3.8) is 0 Å². The molecule has 2 heterocycles. The van der Waals surface area contributed by atoms with Crippen LogP contribution in [0.15, 0.2) is 6.33 Å². The van der Waals surface area contributed by atoms with Gasteiger partial charge in [-0.15, -0.1) is 0 Å². The van der Waals surface area contributed by atoms with Crippen LogP contribution in [0.5, 0.6) is 0 Å². The molecule has 0 spiro atoms. The van der Waals surface area contributed by atoms with Crippen molar-refractivity contribution in [1.29, 1.82) is 0 Å². The molecule has 2 N–H and O–H groups in total. The van der Waals surface area contributed by atoms with Crippen LogP contribution in [0.3, 0.4) is 0 Å². The second-order valence-electron chi connectivity index (χ2n) is 4.87. The van der Waals surface area contributed by atoms with Crippen LogP contribution in [0.2, 0.25) is 0 Å². The van der Waals surface area contributed by atoms with Gasteiger partial charge in [0.25, 0.3) is 0 Å². The lowest BCUT2D eigenvalue weighted by Gasteiger charge is -2.35. The number of nitrogens with one attached hydrogen (secondary N) is 2. The summed E-state index contributed by atoms with van der Waals surface area (Å²) in [7, 11) is 0. The fraction of sp³-hybridized carbons (Fsp3) is 0.571. The van der Waals surface area contributed by atoms with Crippen LogP contribution in [-0.2, 0) is 16.0 Å². The highest BCUT2D eigenvalue weighted by atomic mass is 16.2. The van der Waals surface area contributed by atoms with E-state index in [4.69, 9.17) is 0 Å². The monoisotopic (exact) mass is 291 g/mol. The summed E-state index contributed by atoms with van der Waals surface area (Å²) in [4.78, 5) is 34.0. The first-order valence-electron chi connectivity index (χ1n) is 7.30. The van der Waals surface area contributed by atoms with Crippen LogP contribution in [0.1, 0.15) is 32.8 Å². The maximum absolute atomic E-state index is 12.0. The van der Waals surface area contributed by atoms with Gasteiger partial charge >= 0.3 is 0 Å². The number of hydrogen-bond donors (Lipinski definition) is 2. The van der Waals surface area contributed by atoms with E-state index in [2.05, 4.69) is 20.6 Å². The molecule has 1 aliphatic rings. The lowest BCUT2D eigenvalue weighted by atomic mass is 10.1. The van der Waals surface area contributed by atoms with Gasteiger partial charge in [-0.2, -0.15) is 0 Å². The Labute approximate surface area is 124 Å². The number of carbonyl (C=O) groups excluding carboxylic acids is 2. The zero-order chi connectivity index (χ0) is 15.4. The summed E-state index contributed by atoms with van der Waals surface area (Å²) in [6, 6.07) is -0.377. The van der Waals surface area contributed by atoms with Gasteiger partial charge in [-0.3, -0.25) is 14.9 Å². The van der Waals surface area contributed by atoms with E-state index >= 15 is 0 Å². The van der Waals surface area contributed by atoms with Gasteiger partial charge in [-0.1, -0.05) is 13.8 Å². The Morgan fingerprint density at radius 2 is 2.10 bits per heavy atom. The van der Waals surface area contributed by atoms with Gasteiger partial charge < -0.3 is 10.2 Å². The molecule has 21 heavy (non-hydrogen) atoms. The number of amides is 2. The van der Waals surface area contributed by atoms with E-state index in [-0.39, 0.29) is 24.4 Å². The molecule has 1 aromatic heterocycles. The highest BCUT2D eigenvalue weighted by molar-refractivity contribution is 6.04. The highest BCUT2D eigenvalue weighted by Crippen LogP contribution is 2.27. The zero-order valence-electron chi connectivity index (χ0n) is 12.6. The van der Waals surface area contributed by atoms with Crippen LogP contribution in [0, 0.1) is 0 Å². The molecule has 1 unspecified atom stereocenters. The number of aromatic nitrogens is 2. The van der Waals surface area contributed by atoms with Crippen molar-refractivity contribution in [2.24, 2.45) is 0 Å².